The quantitative estimate of drug-likeness (QED) is 0.544. The summed E-state index contributed by atoms with van der Waals surface area (Å²) in [5.74, 6) is -0.406. The number of nitrogens with one attached hydrogen (secondary N) is 2. The number of hydrogen-bond acceptors (Lipinski definition) is 1. The van der Waals surface area contributed by atoms with E-state index in [9.17, 15) is 9.18 Å². The Bertz CT molecular complexity index is 987. The molecular weight excluding hydrogens is 363 g/mol. The van der Waals surface area contributed by atoms with Gasteiger partial charge in [-0.25, -0.2) is 4.39 Å². The number of halogens is 1. The summed E-state index contributed by atoms with van der Waals surface area (Å²) in [5.41, 5.74) is 4.25. The van der Waals surface area contributed by atoms with Gasteiger partial charge in [-0.15, -0.1) is 0 Å². The topological polar surface area (TPSA) is 44.9 Å². The van der Waals surface area contributed by atoms with Gasteiger partial charge < -0.3 is 10.3 Å². The lowest BCUT2D eigenvalue weighted by molar-refractivity contribution is -0.122. The summed E-state index contributed by atoms with van der Waals surface area (Å²) in [4.78, 5) is 16.3. The van der Waals surface area contributed by atoms with Crippen LogP contribution in [0.4, 0.5) is 4.39 Å². The number of carbonyl (C=O) groups is 1. The van der Waals surface area contributed by atoms with E-state index in [-0.39, 0.29) is 23.7 Å². The van der Waals surface area contributed by atoms with Gasteiger partial charge in [-0.1, -0.05) is 56.5 Å². The second kappa shape index (κ2) is 8.81. The van der Waals surface area contributed by atoms with Crippen molar-refractivity contribution >= 4 is 16.8 Å². The number of aryl methyl sites for hydroxylation is 1. The Kier molecular flexibility index (Phi) is 5.98. The average Bonchev–Trinajstić information content (AvgIpc) is 3.17. The number of aromatic amines is 1. The minimum Gasteiger partial charge on any atom is -0.361 e. The van der Waals surface area contributed by atoms with E-state index in [0.29, 0.717) is 6.42 Å². The highest BCUT2D eigenvalue weighted by Gasteiger charge is 2.24. The summed E-state index contributed by atoms with van der Waals surface area (Å²) in [6.45, 7) is 2.14. The molecule has 0 unspecified atom stereocenters. The molecule has 3 nitrogen and oxygen atoms in total. The SMILES string of the molecule is CCc1cccc2c([C@H](CC(=O)NC3CCCCC3)c3cccc(F)c3)c[nH]c12. The van der Waals surface area contributed by atoms with Crippen LogP contribution in [-0.4, -0.2) is 16.9 Å². The van der Waals surface area contributed by atoms with E-state index in [0.717, 1.165) is 41.3 Å². The van der Waals surface area contributed by atoms with E-state index in [1.165, 1.54) is 30.9 Å². The monoisotopic (exact) mass is 392 g/mol. The number of H-pyrrole nitrogens is 1. The fourth-order valence-corrected chi connectivity index (χ4v) is 4.67. The standard InChI is InChI=1S/C25H29FN2O/c1-2-17-8-7-13-21-23(16-27-25(17)21)22(18-9-6-10-19(26)14-18)15-24(29)28-20-11-4-3-5-12-20/h6-10,13-14,16,20,22,27H,2-5,11-12,15H2,1H3,(H,28,29)/t22-/m1/s1. The summed E-state index contributed by atoms with van der Waals surface area (Å²) in [6.07, 6.45) is 8.99. The van der Waals surface area contributed by atoms with Crippen molar-refractivity contribution in [3.05, 3.63) is 71.2 Å². The first kappa shape index (κ1) is 19.7. The van der Waals surface area contributed by atoms with Crippen LogP contribution in [0, 0.1) is 5.82 Å². The zero-order valence-corrected chi connectivity index (χ0v) is 17.0. The van der Waals surface area contributed by atoms with E-state index in [1.54, 1.807) is 12.1 Å². The van der Waals surface area contributed by atoms with Gasteiger partial charge in [0.25, 0.3) is 0 Å². The zero-order chi connectivity index (χ0) is 20.2. The minimum atomic E-state index is -0.269. The van der Waals surface area contributed by atoms with Gasteiger partial charge >= 0.3 is 0 Å². The van der Waals surface area contributed by atoms with Crippen LogP contribution in [0.1, 0.15) is 68.1 Å². The van der Waals surface area contributed by atoms with Gasteiger partial charge in [-0.05, 0) is 48.1 Å². The maximum atomic E-state index is 14.0. The van der Waals surface area contributed by atoms with Gasteiger partial charge in [0.05, 0.1) is 0 Å². The smallest absolute Gasteiger partial charge is 0.221 e. The largest absolute Gasteiger partial charge is 0.361 e. The Balaban J connectivity index is 1.67. The Morgan fingerprint density at radius 1 is 1.17 bits per heavy atom. The number of aromatic nitrogens is 1. The van der Waals surface area contributed by atoms with E-state index >= 15 is 0 Å². The van der Waals surface area contributed by atoms with Crippen molar-refractivity contribution in [2.24, 2.45) is 0 Å². The predicted octanol–water partition coefficient (Wildman–Crippen LogP) is 5.84. The molecule has 4 rings (SSSR count). The van der Waals surface area contributed by atoms with Gasteiger partial charge in [-0.2, -0.15) is 0 Å². The summed E-state index contributed by atoms with van der Waals surface area (Å²) < 4.78 is 14.0. The van der Waals surface area contributed by atoms with Gasteiger partial charge in [-0.3, -0.25) is 4.79 Å². The molecule has 29 heavy (non-hydrogen) atoms. The molecule has 0 aliphatic heterocycles. The number of amides is 1. The normalized spacial score (nSPS) is 16.1. The van der Waals surface area contributed by atoms with Gasteiger partial charge in [0, 0.05) is 35.5 Å². The molecule has 0 bridgehead atoms. The van der Waals surface area contributed by atoms with Crippen molar-refractivity contribution < 1.29 is 9.18 Å². The van der Waals surface area contributed by atoms with E-state index in [4.69, 9.17) is 0 Å². The van der Waals surface area contributed by atoms with Crippen LogP contribution in [0.3, 0.4) is 0 Å². The van der Waals surface area contributed by atoms with Gasteiger partial charge in [0.2, 0.25) is 5.91 Å². The molecule has 4 heteroatoms. The van der Waals surface area contributed by atoms with Gasteiger partial charge in [0.15, 0.2) is 0 Å². The van der Waals surface area contributed by atoms with Crippen LogP contribution in [-0.2, 0) is 11.2 Å². The third-order valence-electron chi connectivity index (χ3n) is 6.20. The summed E-state index contributed by atoms with van der Waals surface area (Å²) in [5, 5.41) is 4.34. The van der Waals surface area contributed by atoms with Crippen molar-refractivity contribution in [2.45, 2.75) is 63.8 Å². The molecule has 1 fully saturated rings. The van der Waals surface area contributed by atoms with E-state index in [1.807, 2.05) is 12.3 Å². The van der Waals surface area contributed by atoms with Gasteiger partial charge in [0.1, 0.15) is 5.82 Å². The molecular formula is C25H29FN2O. The molecule has 1 saturated carbocycles. The minimum absolute atomic E-state index is 0.0483. The Morgan fingerprint density at radius 3 is 2.72 bits per heavy atom. The van der Waals surface area contributed by atoms with Crippen molar-refractivity contribution in [1.29, 1.82) is 0 Å². The summed E-state index contributed by atoms with van der Waals surface area (Å²) in [6, 6.07) is 13.2. The number of carbonyl (C=O) groups excluding carboxylic acids is 1. The molecule has 2 aromatic carbocycles. The van der Waals surface area contributed by atoms with Crippen LogP contribution < -0.4 is 5.32 Å². The highest BCUT2D eigenvalue weighted by atomic mass is 19.1. The number of fused-ring (bicyclic) bond motifs is 1. The molecule has 3 aromatic rings. The highest BCUT2D eigenvalue weighted by molar-refractivity contribution is 5.88. The number of benzene rings is 2. The molecule has 0 saturated heterocycles. The second-order valence-electron chi connectivity index (χ2n) is 8.15. The van der Waals surface area contributed by atoms with Crippen LogP contribution in [0.15, 0.2) is 48.7 Å². The van der Waals surface area contributed by atoms with Crippen molar-refractivity contribution in [3.63, 3.8) is 0 Å². The number of hydrogen-bond donors (Lipinski definition) is 2. The van der Waals surface area contributed by atoms with Crippen LogP contribution in [0.2, 0.25) is 0 Å². The zero-order valence-electron chi connectivity index (χ0n) is 17.0. The number of rotatable bonds is 6. The average molecular weight is 393 g/mol. The van der Waals surface area contributed by atoms with E-state index in [2.05, 4.69) is 35.4 Å². The predicted molar refractivity (Wildman–Crippen MR) is 116 cm³/mol. The molecule has 0 spiro atoms. The molecule has 1 amide bonds. The maximum Gasteiger partial charge on any atom is 0.221 e. The van der Waals surface area contributed by atoms with E-state index < -0.39 is 0 Å². The van der Waals surface area contributed by atoms with Crippen LogP contribution in [0.5, 0.6) is 0 Å². The molecule has 1 atom stereocenters. The molecule has 152 valence electrons. The second-order valence-corrected chi connectivity index (χ2v) is 8.15. The maximum absolute atomic E-state index is 14.0. The van der Waals surface area contributed by atoms with Crippen LogP contribution >= 0.6 is 0 Å². The molecule has 1 aliphatic carbocycles. The van der Waals surface area contributed by atoms with Crippen molar-refractivity contribution in [2.75, 3.05) is 0 Å². The lowest BCUT2D eigenvalue weighted by atomic mass is 9.87. The third kappa shape index (κ3) is 4.36. The molecule has 0 radical (unpaired) electrons. The summed E-state index contributed by atoms with van der Waals surface area (Å²) >= 11 is 0. The molecule has 1 aromatic heterocycles. The first-order valence-corrected chi connectivity index (χ1v) is 10.8. The third-order valence-corrected chi connectivity index (χ3v) is 6.20. The van der Waals surface area contributed by atoms with Crippen molar-refractivity contribution in [1.82, 2.24) is 10.3 Å². The summed E-state index contributed by atoms with van der Waals surface area (Å²) in [7, 11) is 0. The Morgan fingerprint density at radius 2 is 1.97 bits per heavy atom. The van der Waals surface area contributed by atoms with Crippen LogP contribution in [0.25, 0.3) is 10.9 Å². The molecule has 1 aliphatic rings. The van der Waals surface area contributed by atoms with Crippen molar-refractivity contribution in [3.8, 4) is 0 Å². The fraction of sp³-hybridized carbons (Fsp3) is 0.400. The number of para-hydroxylation sites is 1. The molecule has 1 heterocycles. The highest BCUT2D eigenvalue weighted by Crippen LogP contribution is 2.35. The molecule has 2 N–H and O–H groups in total. The first-order chi connectivity index (χ1) is 14.2. The Hall–Kier alpha value is -2.62. The fourth-order valence-electron chi connectivity index (χ4n) is 4.67. The first-order valence-electron chi connectivity index (χ1n) is 10.8. The lowest BCUT2D eigenvalue weighted by Gasteiger charge is -2.24. The Labute approximate surface area is 171 Å². The lowest BCUT2D eigenvalue weighted by Crippen LogP contribution is -2.36.